The average molecular weight is 434 g/mol. The lowest BCUT2D eigenvalue weighted by atomic mass is 10.1. The maximum absolute atomic E-state index is 12.7. The Balaban J connectivity index is 1.57. The van der Waals surface area contributed by atoms with E-state index < -0.39 is 10.0 Å². The molecule has 1 aliphatic heterocycles. The molecule has 0 aliphatic carbocycles. The van der Waals surface area contributed by atoms with Crippen molar-refractivity contribution in [3.05, 3.63) is 48.0 Å². The lowest BCUT2D eigenvalue weighted by Crippen LogP contribution is -2.47. The second-order valence-electron chi connectivity index (χ2n) is 7.19. The molecule has 162 valence electrons. The number of hydrogen-bond acceptors (Lipinski definition) is 5. The summed E-state index contributed by atoms with van der Waals surface area (Å²) in [5.41, 5.74) is 1.52. The Morgan fingerprint density at radius 3 is 2.30 bits per heavy atom. The van der Waals surface area contributed by atoms with E-state index in [1.165, 1.54) is 7.11 Å². The first kappa shape index (κ1) is 21.9. The number of carbonyl (C=O) groups excluding carboxylic acids is 1. The predicted molar refractivity (Wildman–Crippen MR) is 115 cm³/mol. The van der Waals surface area contributed by atoms with E-state index in [4.69, 9.17) is 9.47 Å². The van der Waals surface area contributed by atoms with Gasteiger partial charge in [0, 0.05) is 25.2 Å². The third-order valence-electron chi connectivity index (χ3n) is 5.08. The lowest BCUT2D eigenvalue weighted by molar-refractivity contribution is 0.193. The number of rotatable bonds is 6. The van der Waals surface area contributed by atoms with Crippen molar-refractivity contribution in [2.45, 2.75) is 30.7 Å². The minimum absolute atomic E-state index is 0.216. The summed E-state index contributed by atoms with van der Waals surface area (Å²) in [6, 6.07) is 11.4. The van der Waals surface area contributed by atoms with Gasteiger partial charge in [-0.3, -0.25) is 0 Å². The molecule has 2 amide bonds. The normalized spacial score (nSPS) is 15.0. The van der Waals surface area contributed by atoms with Gasteiger partial charge in [-0.05, 0) is 44.0 Å². The summed E-state index contributed by atoms with van der Waals surface area (Å²) in [6.07, 6.45) is 1.07. The first-order chi connectivity index (χ1) is 14.3. The summed E-state index contributed by atoms with van der Waals surface area (Å²) in [7, 11) is -0.497. The van der Waals surface area contributed by atoms with Crippen LogP contribution in [0.25, 0.3) is 0 Å². The van der Waals surface area contributed by atoms with Crippen LogP contribution in [0, 0.1) is 6.92 Å². The molecular formula is C21H27N3O5S. The summed E-state index contributed by atoms with van der Waals surface area (Å²) in [4.78, 5) is 14.6. The van der Waals surface area contributed by atoms with Gasteiger partial charge in [-0.2, -0.15) is 0 Å². The first-order valence-electron chi connectivity index (χ1n) is 9.69. The molecule has 0 saturated carbocycles. The molecule has 0 atom stereocenters. The van der Waals surface area contributed by atoms with Gasteiger partial charge in [-0.15, -0.1) is 0 Å². The number of sulfonamides is 1. The summed E-state index contributed by atoms with van der Waals surface area (Å²) < 4.78 is 38.4. The van der Waals surface area contributed by atoms with Crippen molar-refractivity contribution in [3.63, 3.8) is 0 Å². The molecule has 0 spiro atoms. The molecule has 30 heavy (non-hydrogen) atoms. The van der Waals surface area contributed by atoms with Crippen molar-refractivity contribution in [2.75, 3.05) is 32.6 Å². The van der Waals surface area contributed by atoms with Gasteiger partial charge in [0.2, 0.25) is 10.0 Å². The van der Waals surface area contributed by atoms with Crippen molar-refractivity contribution in [2.24, 2.45) is 0 Å². The Labute approximate surface area is 177 Å². The van der Waals surface area contributed by atoms with Crippen LogP contribution in [0.3, 0.4) is 0 Å². The number of urea groups is 1. The number of methoxy groups -OCH3 is 2. The third kappa shape index (κ3) is 5.22. The molecule has 1 aliphatic rings. The molecule has 0 unspecified atom stereocenters. The molecule has 8 nitrogen and oxygen atoms in total. The first-order valence-corrected chi connectivity index (χ1v) is 11.2. The lowest BCUT2D eigenvalue weighted by Gasteiger charge is -2.32. The number of amides is 2. The fraction of sp³-hybridized carbons (Fsp3) is 0.381. The summed E-state index contributed by atoms with van der Waals surface area (Å²) in [5, 5.41) is 2.84. The van der Waals surface area contributed by atoms with Gasteiger partial charge in [-0.25, -0.2) is 17.9 Å². The average Bonchev–Trinajstić information content (AvgIpc) is 2.74. The quantitative estimate of drug-likeness (QED) is 0.730. The van der Waals surface area contributed by atoms with Gasteiger partial charge in [0.05, 0.1) is 24.8 Å². The Morgan fingerprint density at radius 1 is 1.03 bits per heavy atom. The number of hydrogen-bond donors (Lipinski definition) is 2. The number of aryl methyl sites for hydroxylation is 1. The Kier molecular flexibility index (Phi) is 6.84. The number of carbonyl (C=O) groups is 1. The topological polar surface area (TPSA) is 97.0 Å². The minimum atomic E-state index is -3.58. The van der Waals surface area contributed by atoms with E-state index >= 15 is 0 Å². The molecular weight excluding hydrogens is 406 g/mol. The van der Waals surface area contributed by atoms with E-state index in [9.17, 15) is 13.2 Å². The van der Waals surface area contributed by atoms with Crippen LogP contribution in [0.1, 0.15) is 18.4 Å². The molecule has 2 N–H and O–H groups in total. The number of ether oxygens (including phenoxy) is 2. The number of nitrogens with zero attached hydrogens (tertiary/aromatic N) is 1. The van der Waals surface area contributed by atoms with Crippen molar-refractivity contribution < 1.29 is 22.7 Å². The van der Waals surface area contributed by atoms with Gasteiger partial charge in [0.25, 0.3) is 0 Å². The molecule has 2 aromatic rings. The largest absolute Gasteiger partial charge is 0.497 e. The van der Waals surface area contributed by atoms with E-state index in [1.807, 2.05) is 6.92 Å². The van der Waals surface area contributed by atoms with Crippen LogP contribution in [0.15, 0.2) is 47.4 Å². The van der Waals surface area contributed by atoms with Gasteiger partial charge in [0.15, 0.2) is 0 Å². The zero-order valence-corrected chi connectivity index (χ0v) is 18.2. The van der Waals surface area contributed by atoms with Crippen LogP contribution in [-0.4, -0.2) is 52.7 Å². The molecule has 2 aromatic carbocycles. The molecule has 1 fully saturated rings. The van der Waals surface area contributed by atoms with Crippen LogP contribution in [0.2, 0.25) is 0 Å². The number of anilines is 1. The smallest absolute Gasteiger partial charge is 0.321 e. The molecule has 1 heterocycles. The van der Waals surface area contributed by atoms with Crippen molar-refractivity contribution >= 4 is 21.7 Å². The third-order valence-corrected chi connectivity index (χ3v) is 6.62. The van der Waals surface area contributed by atoms with E-state index in [1.54, 1.807) is 54.5 Å². The number of piperidine rings is 1. The van der Waals surface area contributed by atoms with E-state index in [-0.39, 0.29) is 17.0 Å². The van der Waals surface area contributed by atoms with E-state index in [2.05, 4.69) is 10.0 Å². The molecule has 3 rings (SSSR count). The maximum Gasteiger partial charge on any atom is 0.321 e. The van der Waals surface area contributed by atoms with Gasteiger partial charge in [0.1, 0.15) is 11.5 Å². The minimum Gasteiger partial charge on any atom is -0.497 e. The molecule has 0 aromatic heterocycles. The summed E-state index contributed by atoms with van der Waals surface area (Å²) >= 11 is 0. The monoisotopic (exact) mass is 433 g/mol. The van der Waals surface area contributed by atoms with E-state index in [0.29, 0.717) is 43.1 Å². The van der Waals surface area contributed by atoms with Crippen molar-refractivity contribution in [1.29, 1.82) is 0 Å². The number of likely N-dealkylation sites (tertiary alicyclic amines) is 1. The molecule has 0 radical (unpaired) electrons. The SMILES string of the molecule is COc1ccc(OC)c(NC(=O)N2CCC(NS(=O)(=O)c3ccc(C)cc3)CC2)c1. The van der Waals surface area contributed by atoms with Gasteiger partial charge < -0.3 is 19.7 Å². The van der Waals surface area contributed by atoms with Crippen LogP contribution in [-0.2, 0) is 10.0 Å². The van der Waals surface area contributed by atoms with Crippen molar-refractivity contribution in [3.8, 4) is 11.5 Å². The number of nitrogens with one attached hydrogen (secondary N) is 2. The van der Waals surface area contributed by atoms with Crippen molar-refractivity contribution in [1.82, 2.24) is 9.62 Å². The highest BCUT2D eigenvalue weighted by Crippen LogP contribution is 2.29. The molecule has 0 bridgehead atoms. The van der Waals surface area contributed by atoms with Gasteiger partial charge in [-0.1, -0.05) is 17.7 Å². The van der Waals surface area contributed by atoms with Crippen LogP contribution < -0.4 is 19.5 Å². The highest BCUT2D eigenvalue weighted by Gasteiger charge is 2.27. The second kappa shape index (κ2) is 9.36. The van der Waals surface area contributed by atoms with Crippen LogP contribution in [0.5, 0.6) is 11.5 Å². The fourth-order valence-electron chi connectivity index (χ4n) is 3.31. The Morgan fingerprint density at radius 2 is 1.70 bits per heavy atom. The maximum atomic E-state index is 12.7. The van der Waals surface area contributed by atoms with E-state index in [0.717, 1.165) is 5.56 Å². The summed E-state index contributed by atoms with van der Waals surface area (Å²) in [6.45, 7) is 2.80. The fourth-order valence-corrected chi connectivity index (χ4v) is 4.62. The second-order valence-corrected chi connectivity index (χ2v) is 8.91. The highest BCUT2D eigenvalue weighted by molar-refractivity contribution is 7.89. The predicted octanol–water partition coefficient (Wildman–Crippen LogP) is 2.99. The van der Waals surface area contributed by atoms with Gasteiger partial charge >= 0.3 is 6.03 Å². The highest BCUT2D eigenvalue weighted by atomic mass is 32.2. The summed E-state index contributed by atoms with van der Waals surface area (Å²) in [5.74, 6) is 1.14. The standard InChI is InChI=1S/C21H27N3O5S/c1-15-4-7-18(8-5-15)30(26,27)23-16-10-12-24(13-11-16)21(25)22-19-14-17(28-2)6-9-20(19)29-3/h4-9,14,16,23H,10-13H2,1-3H3,(H,22,25). The van der Waals surface area contributed by atoms with Crippen LogP contribution >= 0.6 is 0 Å². The number of benzene rings is 2. The zero-order valence-electron chi connectivity index (χ0n) is 17.3. The Bertz CT molecular complexity index is 984. The molecule has 9 heteroatoms. The Hall–Kier alpha value is -2.78. The molecule has 1 saturated heterocycles. The van der Waals surface area contributed by atoms with Crippen LogP contribution in [0.4, 0.5) is 10.5 Å². The zero-order chi connectivity index (χ0) is 21.7.